The van der Waals surface area contributed by atoms with Crippen LogP contribution < -0.4 is 0 Å². The summed E-state index contributed by atoms with van der Waals surface area (Å²) in [5.74, 6) is 1.51. The highest BCUT2D eigenvalue weighted by Crippen LogP contribution is 2.34. The maximum Gasteiger partial charge on any atom is 0.266 e. The molecular weight excluding hydrogens is 320 g/mol. The van der Waals surface area contributed by atoms with Crippen molar-refractivity contribution in [3.63, 3.8) is 0 Å². The van der Waals surface area contributed by atoms with Crippen LogP contribution >= 0.6 is 11.8 Å². The SMILES string of the molecule is CCCN1C(=O)/C(=C\c2ccc(C)o2)SC1=Nc1ccc(C)cc1. The Morgan fingerprint density at radius 2 is 1.92 bits per heavy atom. The molecule has 2 aromatic rings. The highest BCUT2D eigenvalue weighted by atomic mass is 32.2. The Balaban J connectivity index is 1.92. The van der Waals surface area contributed by atoms with Gasteiger partial charge in [-0.1, -0.05) is 24.6 Å². The third kappa shape index (κ3) is 3.62. The number of amides is 1. The first-order valence-electron chi connectivity index (χ1n) is 8.00. The summed E-state index contributed by atoms with van der Waals surface area (Å²) in [6, 6.07) is 11.7. The summed E-state index contributed by atoms with van der Waals surface area (Å²) in [5.41, 5.74) is 2.04. The van der Waals surface area contributed by atoms with Gasteiger partial charge in [0.1, 0.15) is 11.5 Å². The largest absolute Gasteiger partial charge is 0.462 e. The highest BCUT2D eigenvalue weighted by molar-refractivity contribution is 8.18. The topological polar surface area (TPSA) is 45.8 Å². The van der Waals surface area contributed by atoms with Gasteiger partial charge in [-0.3, -0.25) is 9.69 Å². The summed E-state index contributed by atoms with van der Waals surface area (Å²) < 4.78 is 5.56. The Bertz CT molecular complexity index is 803. The Kier molecular flexibility index (Phi) is 4.90. The van der Waals surface area contributed by atoms with E-state index in [1.165, 1.54) is 17.3 Å². The first-order valence-corrected chi connectivity index (χ1v) is 8.81. The van der Waals surface area contributed by atoms with E-state index in [1.54, 1.807) is 11.0 Å². The number of aliphatic imine (C=N–C) groups is 1. The van der Waals surface area contributed by atoms with Crippen molar-refractivity contribution in [2.24, 2.45) is 4.99 Å². The maximum atomic E-state index is 12.7. The van der Waals surface area contributed by atoms with E-state index in [4.69, 9.17) is 4.42 Å². The number of thioether (sulfide) groups is 1. The van der Waals surface area contributed by atoms with Crippen LogP contribution in [0, 0.1) is 13.8 Å². The number of amidine groups is 1. The minimum absolute atomic E-state index is 0.0123. The van der Waals surface area contributed by atoms with Crippen LogP contribution in [0.3, 0.4) is 0 Å². The molecule has 0 atom stereocenters. The zero-order valence-electron chi connectivity index (χ0n) is 14.1. The summed E-state index contributed by atoms with van der Waals surface area (Å²) in [4.78, 5) is 19.7. The molecule has 1 aromatic carbocycles. The lowest BCUT2D eigenvalue weighted by atomic mass is 10.2. The average Bonchev–Trinajstić information content (AvgIpc) is 3.09. The van der Waals surface area contributed by atoms with E-state index < -0.39 is 0 Å². The molecule has 0 spiro atoms. The molecule has 0 N–H and O–H groups in total. The Hall–Kier alpha value is -2.27. The number of hydrogen-bond donors (Lipinski definition) is 0. The van der Waals surface area contributed by atoms with Crippen molar-refractivity contribution in [2.45, 2.75) is 27.2 Å². The minimum Gasteiger partial charge on any atom is -0.462 e. The van der Waals surface area contributed by atoms with Crippen LogP contribution in [0.4, 0.5) is 5.69 Å². The standard InChI is InChI=1S/C19H20N2O2S/c1-4-11-21-18(22)17(12-16-10-7-14(3)23-16)24-19(21)20-15-8-5-13(2)6-9-15/h5-10,12H,4,11H2,1-3H3/b17-12+,20-19?. The second kappa shape index (κ2) is 7.09. The third-order valence-corrected chi connectivity index (χ3v) is 4.64. The fraction of sp³-hybridized carbons (Fsp3) is 0.263. The number of carbonyl (C=O) groups excluding carboxylic acids is 1. The summed E-state index contributed by atoms with van der Waals surface area (Å²) in [5, 5.41) is 0.722. The van der Waals surface area contributed by atoms with E-state index in [1.807, 2.05) is 50.2 Å². The normalized spacial score (nSPS) is 18.1. The van der Waals surface area contributed by atoms with Gasteiger partial charge in [0, 0.05) is 12.6 Å². The van der Waals surface area contributed by atoms with Crippen LogP contribution in [0.5, 0.6) is 0 Å². The van der Waals surface area contributed by atoms with Crippen molar-refractivity contribution in [3.05, 3.63) is 58.4 Å². The average molecular weight is 340 g/mol. The first kappa shape index (κ1) is 16.6. The van der Waals surface area contributed by atoms with Crippen molar-refractivity contribution in [3.8, 4) is 0 Å². The number of rotatable bonds is 4. The van der Waals surface area contributed by atoms with Gasteiger partial charge in [-0.2, -0.15) is 0 Å². The molecule has 5 heteroatoms. The molecule has 0 radical (unpaired) electrons. The lowest BCUT2D eigenvalue weighted by Gasteiger charge is -2.13. The van der Waals surface area contributed by atoms with Crippen molar-refractivity contribution >= 4 is 34.6 Å². The van der Waals surface area contributed by atoms with E-state index in [9.17, 15) is 4.79 Å². The summed E-state index contributed by atoms with van der Waals surface area (Å²) in [7, 11) is 0. The molecule has 0 aliphatic carbocycles. The third-order valence-electron chi connectivity index (χ3n) is 3.63. The van der Waals surface area contributed by atoms with Crippen molar-refractivity contribution < 1.29 is 9.21 Å². The van der Waals surface area contributed by atoms with Crippen molar-refractivity contribution in [1.82, 2.24) is 4.90 Å². The molecule has 1 aliphatic rings. The predicted octanol–water partition coefficient (Wildman–Crippen LogP) is 4.91. The predicted molar refractivity (Wildman–Crippen MR) is 99.3 cm³/mol. The molecule has 124 valence electrons. The van der Waals surface area contributed by atoms with Gasteiger partial charge in [0.2, 0.25) is 0 Å². The van der Waals surface area contributed by atoms with Gasteiger partial charge >= 0.3 is 0 Å². The number of aryl methyl sites for hydroxylation is 2. The van der Waals surface area contributed by atoms with E-state index in [2.05, 4.69) is 11.9 Å². The van der Waals surface area contributed by atoms with Gasteiger partial charge in [-0.05, 0) is 56.3 Å². The van der Waals surface area contributed by atoms with Crippen molar-refractivity contribution in [2.75, 3.05) is 6.54 Å². The molecule has 0 unspecified atom stereocenters. The minimum atomic E-state index is -0.0123. The molecule has 0 bridgehead atoms. The number of nitrogens with zero attached hydrogens (tertiary/aromatic N) is 2. The second-order valence-electron chi connectivity index (χ2n) is 5.75. The molecule has 24 heavy (non-hydrogen) atoms. The number of hydrogen-bond acceptors (Lipinski definition) is 4. The van der Waals surface area contributed by atoms with Crippen LogP contribution in [-0.2, 0) is 4.79 Å². The van der Waals surface area contributed by atoms with Crippen LogP contribution in [-0.4, -0.2) is 22.5 Å². The number of furan rings is 1. The smallest absolute Gasteiger partial charge is 0.266 e. The summed E-state index contributed by atoms with van der Waals surface area (Å²) in [6.45, 7) is 6.64. The zero-order valence-corrected chi connectivity index (χ0v) is 14.9. The monoisotopic (exact) mass is 340 g/mol. The molecule has 1 aromatic heterocycles. The molecule has 1 amide bonds. The van der Waals surface area contributed by atoms with E-state index in [-0.39, 0.29) is 5.91 Å². The van der Waals surface area contributed by atoms with E-state index in [0.717, 1.165) is 23.0 Å². The fourth-order valence-corrected chi connectivity index (χ4v) is 3.41. The molecule has 0 saturated carbocycles. The number of carbonyl (C=O) groups is 1. The van der Waals surface area contributed by atoms with Gasteiger partial charge in [0.25, 0.3) is 5.91 Å². The van der Waals surface area contributed by atoms with Crippen LogP contribution in [0.2, 0.25) is 0 Å². The molecule has 3 rings (SSSR count). The Morgan fingerprint density at radius 3 is 2.54 bits per heavy atom. The van der Waals surface area contributed by atoms with E-state index >= 15 is 0 Å². The first-order chi connectivity index (χ1) is 11.6. The zero-order chi connectivity index (χ0) is 17.1. The van der Waals surface area contributed by atoms with Crippen molar-refractivity contribution in [1.29, 1.82) is 0 Å². The highest BCUT2D eigenvalue weighted by Gasteiger charge is 2.33. The second-order valence-corrected chi connectivity index (χ2v) is 6.75. The Morgan fingerprint density at radius 1 is 1.17 bits per heavy atom. The molecule has 1 aliphatic heterocycles. The van der Waals surface area contributed by atoms with Gasteiger partial charge in [0.05, 0.1) is 10.6 Å². The molecule has 4 nitrogen and oxygen atoms in total. The fourth-order valence-electron chi connectivity index (χ4n) is 2.40. The van der Waals surface area contributed by atoms with Crippen LogP contribution in [0.15, 0.2) is 50.7 Å². The lowest BCUT2D eigenvalue weighted by molar-refractivity contribution is -0.122. The van der Waals surface area contributed by atoms with Gasteiger partial charge in [-0.25, -0.2) is 4.99 Å². The maximum absolute atomic E-state index is 12.7. The summed E-state index contributed by atoms with van der Waals surface area (Å²) in [6.07, 6.45) is 2.67. The van der Waals surface area contributed by atoms with Gasteiger partial charge in [0.15, 0.2) is 5.17 Å². The van der Waals surface area contributed by atoms with Crippen LogP contribution in [0.25, 0.3) is 6.08 Å². The lowest BCUT2D eigenvalue weighted by Crippen LogP contribution is -2.29. The number of benzene rings is 1. The molecule has 2 heterocycles. The van der Waals surface area contributed by atoms with E-state index in [0.29, 0.717) is 17.2 Å². The summed E-state index contributed by atoms with van der Waals surface area (Å²) >= 11 is 1.40. The molecule has 1 saturated heterocycles. The molecular formula is C19H20N2O2S. The van der Waals surface area contributed by atoms with Crippen LogP contribution in [0.1, 0.15) is 30.4 Å². The quantitative estimate of drug-likeness (QED) is 0.743. The van der Waals surface area contributed by atoms with Gasteiger partial charge in [-0.15, -0.1) is 0 Å². The Labute approximate surface area is 146 Å². The van der Waals surface area contributed by atoms with Gasteiger partial charge < -0.3 is 4.42 Å². The molecule has 1 fully saturated rings.